The quantitative estimate of drug-likeness (QED) is 0.768. The SMILES string of the molecule is COCc1cc(CC(=O)N(CC(=O)N(C)C)c2ccccc2)no1. The number of carbonyl (C=O) groups is 2. The maximum atomic E-state index is 12.7. The summed E-state index contributed by atoms with van der Waals surface area (Å²) in [7, 11) is 4.87. The van der Waals surface area contributed by atoms with E-state index in [4.69, 9.17) is 9.26 Å². The fourth-order valence-corrected chi connectivity index (χ4v) is 2.11. The molecule has 0 radical (unpaired) electrons. The fraction of sp³-hybridized carbons (Fsp3) is 0.353. The van der Waals surface area contributed by atoms with E-state index in [1.165, 1.54) is 9.80 Å². The largest absolute Gasteiger partial charge is 0.377 e. The Kier molecular flexibility index (Phi) is 6.08. The minimum Gasteiger partial charge on any atom is -0.377 e. The number of aromatic nitrogens is 1. The van der Waals surface area contributed by atoms with E-state index in [0.717, 1.165) is 0 Å². The van der Waals surface area contributed by atoms with Gasteiger partial charge in [-0.1, -0.05) is 23.4 Å². The Morgan fingerprint density at radius 3 is 2.50 bits per heavy atom. The zero-order valence-electron chi connectivity index (χ0n) is 14.1. The summed E-state index contributed by atoms with van der Waals surface area (Å²) in [5.41, 5.74) is 1.17. The number of hydrogen-bond acceptors (Lipinski definition) is 5. The molecule has 1 aromatic carbocycles. The third-order valence-corrected chi connectivity index (χ3v) is 3.39. The summed E-state index contributed by atoms with van der Waals surface area (Å²) >= 11 is 0. The van der Waals surface area contributed by atoms with Gasteiger partial charge in [0.05, 0.1) is 12.1 Å². The molecule has 0 N–H and O–H groups in total. The van der Waals surface area contributed by atoms with Crippen molar-refractivity contribution < 1.29 is 18.8 Å². The zero-order chi connectivity index (χ0) is 17.5. The van der Waals surface area contributed by atoms with Gasteiger partial charge < -0.3 is 19.1 Å². The minimum absolute atomic E-state index is 0.0291. The molecular formula is C17H21N3O4. The first-order chi connectivity index (χ1) is 11.5. The molecule has 0 saturated heterocycles. The Hall–Kier alpha value is -2.67. The first-order valence-corrected chi connectivity index (χ1v) is 7.50. The second kappa shape index (κ2) is 8.26. The lowest BCUT2D eigenvalue weighted by atomic mass is 10.2. The highest BCUT2D eigenvalue weighted by atomic mass is 16.5. The summed E-state index contributed by atoms with van der Waals surface area (Å²) < 4.78 is 10.1. The molecule has 0 bridgehead atoms. The number of nitrogens with zero attached hydrogens (tertiary/aromatic N) is 3. The Morgan fingerprint density at radius 1 is 1.17 bits per heavy atom. The van der Waals surface area contributed by atoms with Crippen LogP contribution in [0.15, 0.2) is 40.9 Å². The van der Waals surface area contributed by atoms with Gasteiger partial charge in [0.1, 0.15) is 13.2 Å². The van der Waals surface area contributed by atoms with Crippen LogP contribution in [0.5, 0.6) is 0 Å². The van der Waals surface area contributed by atoms with Crippen LogP contribution in [0.2, 0.25) is 0 Å². The standard InChI is InChI=1S/C17H21N3O4/c1-19(2)17(22)11-20(14-7-5-4-6-8-14)16(21)10-13-9-15(12-23-3)24-18-13/h4-9H,10-12H2,1-3H3. The van der Waals surface area contributed by atoms with Crippen molar-refractivity contribution in [1.29, 1.82) is 0 Å². The molecule has 0 aliphatic rings. The van der Waals surface area contributed by atoms with Gasteiger partial charge >= 0.3 is 0 Å². The Morgan fingerprint density at radius 2 is 1.88 bits per heavy atom. The molecule has 128 valence electrons. The number of benzene rings is 1. The monoisotopic (exact) mass is 331 g/mol. The zero-order valence-corrected chi connectivity index (χ0v) is 14.1. The van der Waals surface area contributed by atoms with Crippen LogP contribution in [0.3, 0.4) is 0 Å². The minimum atomic E-state index is -0.228. The van der Waals surface area contributed by atoms with Crippen molar-refractivity contribution >= 4 is 17.5 Å². The van der Waals surface area contributed by atoms with Gasteiger partial charge in [0.25, 0.3) is 0 Å². The molecule has 1 heterocycles. The number of likely N-dealkylation sites (N-methyl/N-ethyl adjacent to an activating group) is 1. The molecular weight excluding hydrogens is 310 g/mol. The van der Waals surface area contributed by atoms with Crippen molar-refractivity contribution in [3.8, 4) is 0 Å². The molecule has 0 fully saturated rings. The van der Waals surface area contributed by atoms with Crippen LogP contribution < -0.4 is 4.90 Å². The van der Waals surface area contributed by atoms with E-state index in [9.17, 15) is 9.59 Å². The highest BCUT2D eigenvalue weighted by Crippen LogP contribution is 2.16. The Labute approximate surface area is 140 Å². The summed E-state index contributed by atoms with van der Waals surface area (Å²) in [4.78, 5) is 27.6. The van der Waals surface area contributed by atoms with Gasteiger partial charge in [-0.05, 0) is 12.1 Å². The van der Waals surface area contributed by atoms with Gasteiger partial charge in [-0.3, -0.25) is 9.59 Å². The summed E-state index contributed by atoms with van der Waals surface area (Å²) in [5.74, 6) is 0.164. The van der Waals surface area contributed by atoms with Crippen LogP contribution in [0.1, 0.15) is 11.5 Å². The summed E-state index contributed by atoms with van der Waals surface area (Å²) in [6.45, 7) is 0.265. The molecule has 0 aliphatic carbocycles. The second-order valence-electron chi connectivity index (χ2n) is 5.50. The Bertz CT molecular complexity index is 682. The second-order valence-corrected chi connectivity index (χ2v) is 5.50. The summed E-state index contributed by atoms with van der Waals surface area (Å²) in [6, 6.07) is 10.8. The van der Waals surface area contributed by atoms with Crippen LogP contribution in [-0.2, 0) is 27.4 Å². The number of para-hydroxylation sites is 1. The van der Waals surface area contributed by atoms with E-state index < -0.39 is 0 Å². The van der Waals surface area contributed by atoms with Gasteiger partial charge in [0, 0.05) is 33.0 Å². The summed E-state index contributed by atoms with van der Waals surface area (Å²) in [5, 5.41) is 3.87. The predicted octanol–water partition coefficient (Wildman–Crippen LogP) is 1.48. The molecule has 7 nitrogen and oxygen atoms in total. The Balaban J connectivity index is 2.15. The molecule has 0 spiro atoms. The normalized spacial score (nSPS) is 10.5. The van der Waals surface area contributed by atoms with Gasteiger partial charge in [-0.25, -0.2) is 0 Å². The molecule has 0 atom stereocenters. The molecule has 0 aliphatic heterocycles. The van der Waals surface area contributed by atoms with Crippen molar-refractivity contribution in [3.05, 3.63) is 47.9 Å². The van der Waals surface area contributed by atoms with E-state index in [1.807, 2.05) is 18.2 Å². The first-order valence-electron chi connectivity index (χ1n) is 7.50. The highest BCUT2D eigenvalue weighted by Gasteiger charge is 2.21. The maximum absolute atomic E-state index is 12.7. The van der Waals surface area contributed by atoms with Crippen molar-refractivity contribution in [2.45, 2.75) is 13.0 Å². The molecule has 2 rings (SSSR count). The average molecular weight is 331 g/mol. The smallest absolute Gasteiger partial charge is 0.242 e. The molecule has 7 heteroatoms. The molecule has 2 aromatic rings. The number of methoxy groups -OCH3 is 1. The lowest BCUT2D eigenvalue weighted by molar-refractivity contribution is -0.129. The van der Waals surface area contributed by atoms with Gasteiger partial charge in [-0.15, -0.1) is 0 Å². The van der Waals surface area contributed by atoms with Crippen molar-refractivity contribution in [2.75, 3.05) is 32.6 Å². The third-order valence-electron chi connectivity index (χ3n) is 3.39. The van der Waals surface area contributed by atoms with E-state index in [0.29, 0.717) is 23.7 Å². The van der Waals surface area contributed by atoms with Crippen LogP contribution in [0.4, 0.5) is 5.69 Å². The number of carbonyl (C=O) groups excluding carboxylic acids is 2. The van der Waals surface area contributed by atoms with Crippen LogP contribution in [0.25, 0.3) is 0 Å². The van der Waals surface area contributed by atoms with Crippen LogP contribution in [-0.4, -0.2) is 49.6 Å². The van der Waals surface area contributed by atoms with Gasteiger partial charge in [-0.2, -0.15) is 0 Å². The number of rotatable bonds is 7. The van der Waals surface area contributed by atoms with Crippen LogP contribution in [0, 0.1) is 0 Å². The maximum Gasteiger partial charge on any atom is 0.242 e. The number of amides is 2. The molecule has 0 saturated carbocycles. The van der Waals surface area contributed by atoms with Crippen molar-refractivity contribution in [2.24, 2.45) is 0 Å². The van der Waals surface area contributed by atoms with Gasteiger partial charge in [0.2, 0.25) is 11.8 Å². The topological polar surface area (TPSA) is 75.9 Å². The molecule has 2 amide bonds. The van der Waals surface area contributed by atoms with E-state index in [1.54, 1.807) is 39.4 Å². The van der Waals surface area contributed by atoms with Gasteiger partial charge in [0.15, 0.2) is 5.76 Å². The molecule has 24 heavy (non-hydrogen) atoms. The molecule has 0 unspecified atom stereocenters. The number of hydrogen-bond donors (Lipinski definition) is 0. The lowest BCUT2D eigenvalue weighted by Gasteiger charge is -2.23. The van der Waals surface area contributed by atoms with Crippen LogP contribution >= 0.6 is 0 Å². The molecule has 1 aromatic heterocycles. The predicted molar refractivity (Wildman–Crippen MR) is 88.4 cm³/mol. The van der Waals surface area contributed by atoms with E-state index in [2.05, 4.69) is 5.16 Å². The number of ether oxygens (including phenoxy) is 1. The van der Waals surface area contributed by atoms with Crippen molar-refractivity contribution in [3.63, 3.8) is 0 Å². The first kappa shape index (κ1) is 17.7. The average Bonchev–Trinajstić information content (AvgIpc) is 3.00. The third kappa shape index (κ3) is 4.66. The van der Waals surface area contributed by atoms with Crippen molar-refractivity contribution in [1.82, 2.24) is 10.1 Å². The highest BCUT2D eigenvalue weighted by molar-refractivity contribution is 5.99. The van der Waals surface area contributed by atoms with E-state index in [-0.39, 0.29) is 24.8 Å². The lowest BCUT2D eigenvalue weighted by Crippen LogP contribution is -2.41. The fourth-order valence-electron chi connectivity index (χ4n) is 2.11. The number of anilines is 1. The summed E-state index contributed by atoms with van der Waals surface area (Å²) in [6.07, 6.45) is 0.0445. The van der Waals surface area contributed by atoms with E-state index >= 15 is 0 Å².